The number of aromatic nitrogens is 2. The predicted octanol–water partition coefficient (Wildman–Crippen LogP) is 2.58. The van der Waals surface area contributed by atoms with E-state index in [0.717, 1.165) is 3.79 Å². The molecule has 0 aliphatic heterocycles. The zero-order chi connectivity index (χ0) is 14.6. The number of aromatic amines is 1. The summed E-state index contributed by atoms with van der Waals surface area (Å²) in [7, 11) is 3.45. The van der Waals surface area contributed by atoms with Gasteiger partial charge in [-0.15, -0.1) is 22.9 Å². The van der Waals surface area contributed by atoms with Gasteiger partial charge in [0.05, 0.1) is 15.2 Å². The van der Waals surface area contributed by atoms with Crippen LogP contribution in [0.15, 0.2) is 14.6 Å². The van der Waals surface area contributed by atoms with Crippen molar-refractivity contribution < 1.29 is 4.79 Å². The van der Waals surface area contributed by atoms with Crippen LogP contribution >= 0.6 is 38.9 Å². The minimum atomic E-state index is -0.128. The normalized spacial score (nSPS) is 9.95. The second-order valence-electron chi connectivity index (χ2n) is 3.82. The lowest BCUT2D eigenvalue weighted by Crippen LogP contribution is -2.17. The molecule has 2 aromatic heterocycles. The molecule has 104 valence electrons. The number of carbonyl (C=O) groups excluding carboxylic acids is 1. The first-order chi connectivity index (χ1) is 8.85. The van der Waals surface area contributed by atoms with E-state index in [4.69, 9.17) is 11.6 Å². The number of carbonyl (C=O) groups is 1. The number of halogens is 2. The van der Waals surface area contributed by atoms with Gasteiger partial charge in [-0.05, 0) is 22.0 Å². The Morgan fingerprint density at radius 1 is 1.58 bits per heavy atom. The Morgan fingerprint density at radius 2 is 2.16 bits per heavy atom. The molecule has 2 aromatic rings. The number of hydrogen-bond donors (Lipinski definition) is 1. The number of rotatable bonds is 1. The van der Waals surface area contributed by atoms with Gasteiger partial charge in [0, 0.05) is 21.0 Å². The molecule has 0 atom stereocenters. The third-order valence-electron chi connectivity index (χ3n) is 2.16. The van der Waals surface area contributed by atoms with Crippen LogP contribution in [-0.4, -0.2) is 34.9 Å². The fourth-order valence-electron chi connectivity index (χ4n) is 1.02. The molecule has 1 amide bonds. The summed E-state index contributed by atoms with van der Waals surface area (Å²) < 4.78 is 1.52. The summed E-state index contributed by atoms with van der Waals surface area (Å²) in [6, 6.07) is 1.81. The highest BCUT2D eigenvalue weighted by atomic mass is 79.9. The predicted molar refractivity (Wildman–Crippen MR) is 81.9 cm³/mol. The number of hydrogen-bond acceptors (Lipinski definition) is 4. The summed E-state index contributed by atoms with van der Waals surface area (Å²) in [5, 5.41) is 0. The highest BCUT2D eigenvalue weighted by Crippen LogP contribution is 2.25. The van der Waals surface area contributed by atoms with E-state index in [2.05, 4.69) is 25.9 Å². The van der Waals surface area contributed by atoms with Crippen LogP contribution in [0.4, 0.5) is 0 Å². The third-order valence-corrected chi connectivity index (χ3v) is 4.04. The Morgan fingerprint density at radius 3 is 2.63 bits per heavy atom. The van der Waals surface area contributed by atoms with Crippen molar-refractivity contribution in [1.82, 2.24) is 14.9 Å². The number of amides is 1. The molecule has 0 radical (unpaired) electrons. The van der Waals surface area contributed by atoms with Crippen LogP contribution in [0, 0.1) is 0 Å². The van der Waals surface area contributed by atoms with Crippen LogP contribution in [0.5, 0.6) is 0 Å². The van der Waals surface area contributed by atoms with Gasteiger partial charge in [0.15, 0.2) is 0 Å². The zero-order valence-electron chi connectivity index (χ0n) is 10.7. The second kappa shape index (κ2) is 7.02. The minimum Gasteiger partial charge on any atom is -0.349 e. The van der Waals surface area contributed by atoms with Gasteiger partial charge in [0.2, 0.25) is 5.91 Å². The average Bonchev–Trinajstić information content (AvgIpc) is 2.70. The molecule has 0 saturated heterocycles. The second-order valence-corrected chi connectivity index (χ2v) is 6.52. The highest BCUT2D eigenvalue weighted by Gasteiger charge is 2.06. The van der Waals surface area contributed by atoms with Gasteiger partial charge in [0.25, 0.3) is 5.56 Å². The van der Waals surface area contributed by atoms with Gasteiger partial charge in [0.1, 0.15) is 10.5 Å². The Balaban J connectivity index is 0.000000258. The van der Waals surface area contributed by atoms with Crippen molar-refractivity contribution in [2.75, 3.05) is 14.1 Å². The van der Waals surface area contributed by atoms with Crippen LogP contribution in [-0.2, 0) is 10.7 Å². The van der Waals surface area contributed by atoms with E-state index in [1.54, 1.807) is 14.1 Å². The first-order valence-electron chi connectivity index (χ1n) is 5.27. The fourth-order valence-corrected chi connectivity index (χ4v) is 2.57. The van der Waals surface area contributed by atoms with Crippen LogP contribution in [0.25, 0.3) is 10.2 Å². The summed E-state index contributed by atoms with van der Waals surface area (Å²) in [4.78, 5) is 29.8. The Bertz CT molecular complexity index is 638. The molecular weight excluding hydrogens is 354 g/mol. The maximum atomic E-state index is 11.4. The zero-order valence-corrected chi connectivity index (χ0v) is 13.8. The van der Waals surface area contributed by atoms with Crippen molar-refractivity contribution in [3.05, 3.63) is 26.0 Å². The largest absolute Gasteiger partial charge is 0.349 e. The molecular formula is C11H13BrClN3O2S. The van der Waals surface area contributed by atoms with Gasteiger partial charge in [-0.25, -0.2) is 4.98 Å². The fraction of sp³-hybridized carbons (Fsp3) is 0.364. The third kappa shape index (κ3) is 4.59. The lowest BCUT2D eigenvalue weighted by Gasteiger charge is -2.02. The van der Waals surface area contributed by atoms with Gasteiger partial charge >= 0.3 is 0 Å². The molecule has 2 rings (SSSR count). The summed E-state index contributed by atoms with van der Waals surface area (Å²) in [5.74, 6) is 0.818. The number of alkyl halides is 1. The van der Waals surface area contributed by atoms with Crippen LogP contribution in [0.1, 0.15) is 12.7 Å². The standard InChI is InChI=1S/C7H4BrClN2OS.C4H9NO/c8-4-1-3-6(13-4)7(12)11-5(2-9)10-3;1-4(6)5(2)3/h1H,2H2,(H,10,11,12);1-3H3. The average molecular weight is 367 g/mol. The van der Waals surface area contributed by atoms with Crippen molar-refractivity contribution >= 4 is 55.0 Å². The highest BCUT2D eigenvalue weighted by molar-refractivity contribution is 9.11. The van der Waals surface area contributed by atoms with Crippen molar-refractivity contribution in [1.29, 1.82) is 0 Å². The molecule has 0 fully saturated rings. The SMILES string of the molecule is CC(=O)N(C)C.O=c1[nH]c(CCl)nc2cc(Br)sc12. The monoisotopic (exact) mass is 365 g/mol. The van der Waals surface area contributed by atoms with E-state index in [9.17, 15) is 9.59 Å². The molecule has 2 heterocycles. The summed E-state index contributed by atoms with van der Waals surface area (Å²) in [6.07, 6.45) is 0. The summed E-state index contributed by atoms with van der Waals surface area (Å²) in [6.45, 7) is 1.53. The first-order valence-corrected chi connectivity index (χ1v) is 7.41. The lowest BCUT2D eigenvalue weighted by atomic mass is 10.4. The summed E-state index contributed by atoms with van der Waals surface area (Å²) >= 11 is 10.2. The molecule has 0 aliphatic carbocycles. The van der Waals surface area contributed by atoms with Crippen molar-refractivity contribution in [2.24, 2.45) is 0 Å². The van der Waals surface area contributed by atoms with E-state index in [0.29, 0.717) is 16.0 Å². The smallest absolute Gasteiger partial charge is 0.268 e. The number of fused-ring (bicyclic) bond motifs is 1. The topological polar surface area (TPSA) is 66.1 Å². The quantitative estimate of drug-likeness (QED) is 0.789. The molecule has 8 heteroatoms. The van der Waals surface area contributed by atoms with Gasteiger partial charge in [-0.1, -0.05) is 0 Å². The Hall–Kier alpha value is -0.920. The van der Waals surface area contributed by atoms with Crippen LogP contribution in [0.2, 0.25) is 0 Å². The van der Waals surface area contributed by atoms with Gasteiger partial charge < -0.3 is 9.88 Å². The number of H-pyrrole nitrogens is 1. The molecule has 0 unspecified atom stereocenters. The van der Waals surface area contributed by atoms with E-state index < -0.39 is 0 Å². The molecule has 0 aromatic carbocycles. The van der Waals surface area contributed by atoms with Crippen molar-refractivity contribution in [2.45, 2.75) is 12.8 Å². The Labute approximate surface area is 127 Å². The molecule has 0 aliphatic rings. The number of thiophene rings is 1. The van der Waals surface area contributed by atoms with E-state index in [-0.39, 0.29) is 17.3 Å². The molecule has 19 heavy (non-hydrogen) atoms. The maximum absolute atomic E-state index is 11.4. The van der Waals surface area contributed by atoms with Gasteiger partial charge in [-0.2, -0.15) is 0 Å². The van der Waals surface area contributed by atoms with Crippen molar-refractivity contribution in [3.63, 3.8) is 0 Å². The molecule has 0 spiro atoms. The van der Waals surface area contributed by atoms with E-state index >= 15 is 0 Å². The van der Waals surface area contributed by atoms with Crippen LogP contribution < -0.4 is 5.56 Å². The van der Waals surface area contributed by atoms with Crippen LogP contribution in [0.3, 0.4) is 0 Å². The number of nitrogens with zero attached hydrogens (tertiary/aromatic N) is 2. The minimum absolute atomic E-state index is 0.0926. The first kappa shape index (κ1) is 16.1. The molecule has 0 saturated carbocycles. The number of nitrogens with one attached hydrogen (secondary N) is 1. The van der Waals surface area contributed by atoms with Crippen molar-refractivity contribution in [3.8, 4) is 0 Å². The van der Waals surface area contributed by atoms with E-state index in [1.807, 2.05) is 6.07 Å². The molecule has 1 N–H and O–H groups in total. The van der Waals surface area contributed by atoms with E-state index in [1.165, 1.54) is 23.2 Å². The molecule has 0 bridgehead atoms. The Kier molecular flexibility index (Phi) is 5.96. The molecule has 5 nitrogen and oxygen atoms in total. The summed E-state index contributed by atoms with van der Waals surface area (Å²) in [5.41, 5.74) is 0.563. The maximum Gasteiger partial charge on any atom is 0.268 e. The van der Waals surface area contributed by atoms with Gasteiger partial charge in [-0.3, -0.25) is 9.59 Å². The lowest BCUT2D eigenvalue weighted by molar-refractivity contribution is -0.126.